The molecule has 0 radical (unpaired) electrons. The van der Waals surface area contributed by atoms with E-state index < -0.39 is 251 Å². The second-order valence-electron chi connectivity index (χ2n) is 35.9. The number of likely N-dealkylation sites (tertiary alicyclic amines) is 3. The monoisotopic (exact) mass is 1860 g/mol. The van der Waals surface area contributed by atoms with Gasteiger partial charge in [-0.3, -0.25) is 91.3 Å². The van der Waals surface area contributed by atoms with Crippen LogP contribution in [0.4, 0.5) is 0 Å². The van der Waals surface area contributed by atoms with Crippen LogP contribution in [-0.4, -0.2) is 295 Å². The summed E-state index contributed by atoms with van der Waals surface area (Å²) < 4.78 is 0. The third kappa shape index (κ3) is 33.7. The molecule has 20 atom stereocenters. The van der Waals surface area contributed by atoms with Crippen molar-refractivity contribution in [3.8, 4) is 0 Å². The normalized spacial score (nSPS) is 18.8. The summed E-state index contributed by atoms with van der Waals surface area (Å²) in [6.07, 6.45) is 1.42. The quantitative estimate of drug-likeness (QED) is 0.0167. The lowest BCUT2D eigenvalue weighted by Crippen LogP contribution is -2.63. The Morgan fingerprint density at radius 1 is 0.455 bits per heavy atom. The first kappa shape index (κ1) is 111. The minimum Gasteiger partial charge on any atom is -0.391 e. The largest absolute Gasteiger partial charge is 0.391 e. The molecule has 132 heavy (non-hydrogen) atoms. The molecule has 20 unspecified atom stereocenters. The van der Waals surface area contributed by atoms with Crippen LogP contribution < -0.4 is 104 Å². The highest BCUT2D eigenvalue weighted by Crippen LogP contribution is 2.25. The topological polar surface area (TPSA) is 711 Å². The zero-order valence-electron chi connectivity index (χ0n) is 78.2. The average Bonchev–Trinajstić information content (AvgIpc) is 1.64. The van der Waals surface area contributed by atoms with Gasteiger partial charge in [0.05, 0.1) is 31.0 Å². The van der Waals surface area contributed by atoms with Crippen molar-refractivity contribution in [1.82, 2.24) is 93.8 Å². The number of imidazole rings is 1. The van der Waals surface area contributed by atoms with E-state index in [1.54, 1.807) is 99.6 Å². The van der Waals surface area contributed by atoms with Crippen LogP contribution in [0.2, 0.25) is 0 Å². The molecule has 3 saturated heterocycles. The van der Waals surface area contributed by atoms with Gasteiger partial charge in [0.2, 0.25) is 106 Å². The molecule has 0 aliphatic carbocycles. The number of nitrogens with one attached hydrogen (secondary N) is 14. The number of carbonyl (C=O) groups excluding carboxylic acids is 18. The molecule has 0 spiro atoms. The number of benzene rings is 1. The second-order valence-corrected chi connectivity index (χ2v) is 35.9. The number of nitrogens with two attached hydrogens (primary N) is 6. The van der Waals surface area contributed by atoms with Gasteiger partial charge in [-0.1, -0.05) is 106 Å². The lowest BCUT2D eigenvalue weighted by atomic mass is 9.95. The summed E-state index contributed by atoms with van der Waals surface area (Å²) in [4.78, 5) is 269. The van der Waals surface area contributed by atoms with Crippen LogP contribution in [0.25, 0.3) is 0 Å². The van der Waals surface area contributed by atoms with Crippen LogP contribution in [0.1, 0.15) is 198 Å². The van der Waals surface area contributed by atoms with Gasteiger partial charge in [0, 0.05) is 50.9 Å². The molecule has 736 valence electrons. The average molecular weight is 1860 g/mol. The number of aliphatic imine (C=N–C) groups is 1. The zero-order valence-corrected chi connectivity index (χ0v) is 78.2. The molecule has 45 heteroatoms. The van der Waals surface area contributed by atoms with E-state index in [1.165, 1.54) is 45.1 Å². The SMILES string of the molecule is CCC(C)C(NC(=O)C(CC(N)=O)NC(=O)C(C)NC(=O)C(Cc1ccccc1)NC(=O)C(CC(C)C)NC(=O)C(Cc1cnc[nH]1)NC(=O)C(NC(=O)C(NC(=O)C1CCCN1C(=O)C(CCCCN)NC(=O)C(C)N)C(C)C)C(C)C)C(=O)NC(C(=O)NC(C(=O)N1CCCC1C(=O)NC(CCCN=C(N)N)C(=O)NC(C(=O)N1CCCC1C(N)=O)C(C)O)C(C)O)C(C)C. The van der Waals surface area contributed by atoms with Gasteiger partial charge in [-0.05, 0) is 146 Å². The van der Waals surface area contributed by atoms with Gasteiger partial charge in [0.15, 0.2) is 5.96 Å². The van der Waals surface area contributed by atoms with E-state index >= 15 is 0 Å². The molecule has 5 rings (SSSR count). The third-order valence-corrected chi connectivity index (χ3v) is 23.4. The van der Waals surface area contributed by atoms with Crippen molar-refractivity contribution >= 4 is 112 Å². The van der Waals surface area contributed by atoms with Gasteiger partial charge in [-0.2, -0.15) is 0 Å². The van der Waals surface area contributed by atoms with Gasteiger partial charge in [0.25, 0.3) is 0 Å². The van der Waals surface area contributed by atoms with Crippen molar-refractivity contribution in [3.05, 3.63) is 54.1 Å². The molecule has 2 aromatic rings. The molecule has 18 amide bonds. The molecule has 1 aromatic carbocycles. The van der Waals surface area contributed by atoms with Crippen molar-refractivity contribution in [2.24, 2.45) is 69.0 Å². The summed E-state index contributed by atoms with van der Waals surface area (Å²) in [5.41, 5.74) is 34.7. The Morgan fingerprint density at radius 2 is 0.879 bits per heavy atom. The molecule has 3 aliphatic rings. The first-order valence-electron chi connectivity index (χ1n) is 45.4. The fraction of sp³-hybridized carbons (Fsp3) is 0.678. The number of hydrogen-bond donors (Lipinski definition) is 22. The molecular formula is C87H143N25O20. The predicted molar refractivity (Wildman–Crippen MR) is 484 cm³/mol. The van der Waals surface area contributed by atoms with Crippen molar-refractivity contribution < 1.29 is 96.5 Å². The van der Waals surface area contributed by atoms with E-state index in [-0.39, 0.29) is 109 Å². The maximum Gasteiger partial charge on any atom is 0.248 e. The van der Waals surface area contributed by atoms with Crippen molar-refractivity contribution in [2.45, 2.75) is 315 Å². The Kier molecular flexibility index (Phi) is 44.8. The zero-order chi connectivity index (χ0) is 98.8. The van der Waals surface area contributed by atoms with E-state index in [2.05, 4.69) is 84.1 Å². The number of hydrogen-bond acceptors (Lipinski definition) is 24. The summed E-state index contributed by atoms with van der Waals surface area (Å²) in [5, 5.41) is 56.2. The van der Waals surface area contributed by atoms with Crippen LogP contribution in [0.15, 0.2) is 47.8 Å². The van der Waals surface area contributed by atoms with Gasteiger partial charge >= 0.3 is 0 Å². The minimum atomic E-state index is -1.83. The fourth-order valence-corrected chi connectivity index (χ4v) is 15.6. The highest BCUT2D eigenvalue weighted by atomic mass is 16.3. The number of carbonyl (C=O) groups is 18. The molecule has 28 N–H and O–H groups in total. The van der Waals surface area contributed by atoms with Gasteiger partial charge in [-0.15, -0.1) is 0 Å². The second kappa shape index (κ2) is 53.5. The Balaban J connectivity index is 1.30. The number of aliphatic hydroxyl groups is 2. The summed E-state index contributed by atoms with van der Waals surface area (Å²) in [5.74, 6) is -18.8. The lowest BCUT2D eigenvalue weighted by molar-refractivity contribution is -0.145. The van der Waals surface area contributed by atoms with Crippen LogP contribution in [0.3, 0.4) is 0 Å². The lowest BCUT2D eigenvalue weighted by Gasteiger charge is -2.33. The number of primary amides is 2. The predicted octanol–water partition coefficient (Wildman–Crippen LogP) is -5.80. The highest BCUT2D eigenvalue weighted by Gasteiger charge is 2.46. The Bertz CT molecular complexity index is 4300. The van der Waals surface area contributed by atoms with Gasteiger partial charge in [-0.25, -0.2) is 4.98 Å². The summed E-state index contributed by atoms with van der Waals surface area (Å²) in [7, 11) is 0. The number of rotatable bonds is 53. The first-order valence-corrected chi connectivity index (χ1v) is 45.4. The van der Waals surface area contributed by atoms with E-state index in [9.17, 15) is 96.5 Å². The van der Waals surface area contributed by atoms with Crippen molar-refractivity contribution in [3.63, 3.8) is 0 Å². The summed E-state index contributed by atoms with van der Waals surface area (Å²) in [6, 6.07) is -15.1. The number of unbranched alkanes of at least 4 members (excludes halogenated alkanes) is 1. The number of aromatic nitrogens is 2. The molecule has 0 saturated carbocycles. The fourth-order valence-electron chi connectivity index (χ4n) is 15.6. The third-order valence-electron chi connectivity index (χ3n) is 23.4. The van der Waals surface area contributed by atoms with Crippen LogP contribution >= 0.6 is 0 Å². The van der Waals surface area contributed by atoms with E-state index in [1.807, 2.05) is 0 Å². The number of guanidine groups is 1. The summed E-state index contributed by atoms with van der Waals surface area (Å²) in [6.45, 7) is 22.3. The Morgan fingerprint density at radius 3 is 1.37 bits per heavy atom. The first-order chi connectivity index (χ1) is 62.1. The number of aliphatic hydroxyl groups excluding tert-OH is 2. The van der Waals surface area contributed by atoms with E-state index in [0.29, 0.717) is 43.5 Å². The molecule has 3 fully saturated rings. The number of amides is 18. The minimum absolute atomic E-state index is 0.00268. The summed E-state index contributed by atoms with van der Waals surface area (Å²) >= 11 is 0. The molecule has 4 heterocycles. The maximum absolute atomic E-state index is 14.9. The molecule has 1 aromatic heterocycles. The van der Waals surface area contributed by atoms with E-state index in [0.717, 1.165) is 9.80 Å². The van der Waals surface area contributed by atoms with Gasteiger partial charge in [0.1, 0.15) is 96.7 Å². The molecular weight excluding hydrogens is 1720 g/mol. The maximum atomic E-state index is 14.9. The smallest absolute Gasteiger partial charge is 0.248 e. The number of aromatic amines is 1. The Hall–Kier alpha value is -12.0. The molecule has 3 aliphatic heterocycles. The molecule has 45 nitrogen and oxygen atoms in total. The van der Waals surface area contributed by atoms with Crippen LogP contribution in [-0.2, 0) is 99.1 Å². The van der Waals surface area contributed by atoms with E-state index in [4.69, 9.17) is 34.4 Å². The van der Waals surface area contributed by atoms with Gasteiger partial charge < -0.3 is 133 Å². The Labute approximate surface area is 769 Å². The van der Waals surface area contributed by atoms with Crippen molar-refractivity contribution in [2.75, 3.05) is 32.7 Å². The molecule has 0 bridgehead atoms. The number of nitrogens with zero attached hydrogens (tertiary/aromatic N) is 5. The highest BCUT2D eigenvalue weighted by molar-refractivity contribution is 6.02. The van der Waals surface area contributed by atoms with Crippen LogP contribution in [0.5, 0.6) is 0 Å². The standard InChI is InChI=1S/C87H143N25O20/c1-15-47(10)67(83(129)106-66(46(8)9)82(128)109-69(51(14)114)86(132)112-36-24-30-61(112)78(124)98-54(28-21-33-95-87(92)93)73(119)108-68(50(13)113)85(131)110-34-22-29-60(110)70(91)116)107-77(123)59(40-63(90)115)100-72(118)49(12)97-74(120)57(38-52-25-17-16-18-26-52)102-75(121)56(37-43(2)3)101-76(122)58(39-53-41-94-42-96-53)103-80(126)64(44(4)5)105-81(127)65(45(6)7)104-79(125)62-31-23-35-111(62)84(130)55(27-19-20-32-88)99-71(117)48(11)89/h16-18,25-26,41-51,54-62,64-69,113-114H,15,19-24,27-40,88-89H2,1-14H3,(H2,90,115)(H2,91,116)(H,94,96)(H,97,120)(H,98,124)(H,99,117)(H,100,118)(H,101,122)(H,102,121)(H,103,126)(H,104,125)(H,105,127)(H,106,129)(H,107,123)(H,108,119)(H,109,128)(H4,92,93,95). The number of H-pyrrole nitrogens is 1. The van der Waals surface area contributed by atoms with Crippen LogP contribution in [0, 0.1) is 29.6 Å². The van der Waals surface area contributed by atoms with Crippen molar-refractivity contribution in [1.29, 1.82) is 0 Å².